The number of benzene rings is 1. The van der Waals surface area contributed by atoms with Crippen LogP contribution in [0.5, 0.6) is 0 Å². The zero-order valence-corrected chi connectivity index (χ0v) is 21.9. The van der Waals surface area contributed by atoms with Crippen LogP contribution in [0.3, 0.4) is 0 Å². The minimum absolute atomic E-state index is 0.107. The summed E-state index contributed by atoms with van der Waals surface area (Å²) in [4.78, 5) is 0. The normalized spacial score (nSPS) is 12.3. The third kappa shape index (κ3) is 10.4. The van der Waals surface area contributed by atoms with Crippen molar-refractivity contribution in [3.8, 4) is 0 Å². The predicted molar refractivity (Wildman–Crippen MR) is 141 cm³/mol. The van der Waals surface area contributed by atoms with E-state index < -0.39 is 0 Å². The van der Waals surface area contributed by atoms with E-state index in [0.717, 1.165) is 10.9 Å². The van der Waals surface area contributed by atoms with E-state index in [4.69, 9.17) is 0 Å². The number of hydrogen-bond acceptors (Lipinski definition) is 0. The second kappa shape index (κ2) is 15.7. The molecule has 0 spiro atoms. The summed E-state index contributed by atoms with van der Waals surface area (Å²) in [6.45, 7) is 12.3. The van der Waals surface area contributed by atoms with Gasteiger partial charge in [0.2, 0.25) is 0 Å². The average Bonchev–Trinajstić information content (AvgIpc) is 2.74. The van der Waals surface area contributed by atoms with E-state index in [9.17, 15) is 0 Å². The van der Waals surface area contributed by atoms with Gasteiger partial charge in [0.15, 0.2) is 0 Å². The molecule has 0 radical (unpaired) electrons. The Morgan fingerprint density at radius 1 is 0.742 bits per heavy atom. The Kier molecular flexibility index (Phi) is 14.1. The van der Waals surface area contributed by atoms with E-state index in [0.29, 0.717) is 0 Å². The van der Waals surface area contributed by atoms with Gasteiger partial charge in [-0.25, -0.2) is 0 Å². The summed E-state index contributed by atoms with van der Waals surface area (Å²) in [6.07, 6.45) is 22.9. The van der Waals surface area contributed by atoms with Crippen molar-refractivity contribution in [2.75, 3.05) is 20.6 Å². The predicted octanol–water partition coefficient (Wildman–Crippen LogP) is 9.21. The maximum absolute atomic E-state index is 3.96. The van der Waals surface area contributed by atoms with Crippen LogP contribution in [0.15, 0.2) is 36.9 Å². The first kappa shape index (κ1) is 28.0. The van der Waals surface area contributed by atoms with Crippen LogP contribution >= 0.6 is 0 Å². The quantitative estimate of drug-likeness (QED) is 0.117. The van der Waals surface area contributed by atoms with E-state index in [1.807, 2.05) is 6.08 Å². The standard InChI is InChI=1S/C30H54N/c1-7-9-10-11-12-13-14-15-16-17-18-19-20-23-27-31(5,6)30(3,4)29-26-22-21-25-28(29)24-8-2/h8,21-22,25-26H,2,7,9-20,23-24,27H2,1,3-6H3/q+1. The van der Waals surface area contributed by atoms with Crippen LogP contribution in [0, 0.1) is 0 Å². The summed E-state index contributed by atoms with van der Waals surface area (Å²) in [5.74, 6) is 0. The molecular formula is C30H54N+. The van der Waals surface area contributed by atoms with Crippen LogP contribution < -0.4 is 0 Å². The van der Waals surface area contributed by atoms with Gasteiger partial charge in [0.1, 0.15) is 5.54 Å². The van der Waals surface area contributed by atoms with Crippen molar-refractivity contribution in [2.45, 2.75) is 123 Å². The highest BCUT2D eigenvalue weighted by Crippen LogP contribution is 2.35. The van der Waals surface area contributed by atoms with E-state index in [1.165, 1.54) is 108 Å². The first-order valence-corrected chi connectivity index (χ1v) is 13.4. The van der Waals surface area contributed by atoms with Gasteiger partial charge in [-0.2, -0.15) is 0 Å². The minimum atomic E-state index is 0.107. The van der Waals surface area contributed by atoms with Gasteiger partial charge in [0.05, 0.1) is 20.6 Å². The summed E-state index contributed by atoms with van der Waals surface area (Å²) in [5, 5.41) is 0. The molecule has 0 aliphatic heterocycles. The van der Waals surface area contributed by atoms with Crippen LogP contribution in [0.2, 0.25) is 0 Å². The third-order valence-electron chi connectivity index (χ3n) is 7.62. The lowest BCUT2D eigenvalue weighted by molar-refractivity contribution is -0.945. The van der Waals surface area contributed by atoms with E-state index >= 15 is 0 Å². The molecule has 1 rings (SSSR count). The Labute approximate surface area is 195 Å². The number of rotatable bonds is 19. The Morgan fingerprint density at radius 2 is 1.19 bits per heavy atom. The molecule has 0 fully saturated rings. The van der Waals surface area contributed by atoms with Gasteiger partial charge < -0.3 is 4.48 Å². The summed E-state index contributed by atoms with van der Waals surface area (Å²) >= 11 is 0. The van der Waals surface area contributed by atoms with Crippen LogP contribution in [0.25, 0.3) is 0 Å². The van der Waals surface area contributed by atoms with Gasteiger partial charge in [-0.15, -0.1) is 6.58 Å². The maximum Gasteiger partial charge on any atom is 0.119 e. The lowest BCUT2D eigenvalue weighted by Gasteiger charge is -2.46. The molecule has 0 saturated heterocycles. The van der Waals surface area contributed by atoms with E-state index in [-0.39, 0.29) is 5.54 Å². The molecule has 1 aromatic rings. The van der Waals surface area contributed by atoms with Crippen LogP contribution in [0.1, 0.15) is 122 Å². The van der Waals surface area contributed by atoms with Crippen LogP contribution in [0.4, 0.5) is 0 Å². The molecule has 0 bridgehead atoms. The fraction of sp³-hybridized carbons (Fsp3) is 0.733. The molecule has 0 amide bonds. The molecule has 0 atom stereocenters. The fourth-order valence-electron chi connectivity index (χ4n) is 4.76. The highest BCUT2D eigenvalue weighted by molar-refractivity contribution is 5.33. The highest BCUT2D eigenvalue weighted by Gasteiger charge is 2.38. The Bertz CT molecular complexity index is 584. The SMILES string of the molecule is C=CCc1ccccc1C(C)(C)[N+](C)(C)CCCCCCCCCCCCCCCC. The van der Waals surface area contributed by atoms with Crippen LogP contribution in [-0.2, 0) is 12.0 Å². The molecule has 0 aliphatic rings. The molecule has 178 valence electrons. The lowest BCUT2D eigenvalue weighted by atomic mass is 9.85. The van der Waals surface area contributed by atoms with Crippen molar-refractivity contribution in [3.05, 3.63) is 48.0 Å². The lowest BCUT2D eigenvalue weighted by Crippen LogP contribution is -2.54. The summed E-state index contributed by atoms with van der Waals surface area (Å²) in [5.41, 5.74) is 3.01. The van der Waals surface area contributed by atoms with Crippen molar-refractivity contribution in [1.29, 1.82) is 0 Å². The van der Waals surface area contributed by atoms with Crippen molar-refractivity contribution in [3.63, 3.8) is 0 Å². The molecule has 1 nitrogen and oxygen atoms in total. The minimum Gasteiger partial charge on any atom is -0.320 e. The molecule has 0 N–H and O–H groups in total. The van der Waals surface area contributed by atoms with Crippen molar-refractivity contribution in [1.82, 2.24) is 0 Å². The topological polar surface area (TPSA) is 0 Å². The maximum atomic E-state index is 3.96. The molecule has 0 aromatic heterocycles. The Hall–Kier alpha value is -1.08. The third-order valence-corrected chi connectivity index (χ3v) is 7.62. The van der Waals surface area contributed by atoms with Gasteiger partial charge in [-0.1, -0.05) is 114 Å². The Balaban J connectivity index is 2.20. The highest BCUT2D eigenvalue weighted by atomic mass is 15.4. The van der Waals surface area contributed by atoms with Gasteiger partial charge in [-0.3, -0.25) is 0 Å². The van der Waals surface area contributed by atoms with Gasteiger partial charge >= 0.3 is 0 Å². The van der Waals surface area contributed by atoms with Gasteiger partial charge in [0, 0.05) is 5.56 Å². The molecule has 1 aromatic carbocycles. The second-order valence-electron chi connectivity index (χ2n) is 10.7. The smallest absolute Gasteiger partial charge is 0.119 e. The molecule has 0 heterocycles. The van der Waals surface area contributed by atoms with Crippen molar-refractivity contribution in [2.24, 2.45) is 0 Å². The molecule has 0 aliphatic carbocycles. The average molecular weight is 429 g/mol. The number of unbranched alkanes of at least 4 members (excludes halogenated alkanes) is 13. The largest absolute Gasteiger partial charge is 0.320 e. The number of allylic oxidation sites excluding steroid dienone is 1. The zero-order valence-electron chi connectivity index (χ0n) is 21.9. The first-order valence-electron chi connectivity index (χ1n) is 13.4. The van der Waals surface area contributed by atoms with E-state index in [1.54, 1.807) is 0 Å². The molecule has 1 heteroatoms. The van der Waals surface area contributed by atoms with Crippen LogP contribution in [-0.4, -0.2) is 25.1 Å². The summed E-state index contributed by atoms with van der Waals surface area (Å²) in [7, 11) is 4.82. The second-order valence-corrected chi connectivity index (χ2v) is 10.7. The van der Waals surface area contributed by atoms with Gasteiger partial charge in [-0.05, 0) is 38.7 Å². The molecule has 0 saturated carbocycles. The number of quaternary nitrogens is 1. The first-order chi connectivity index (χ1) is 14.9. The van der Waals surface area contributed by atoms with Crippen molar-refractivity contribution >= 4 is 0 Å². The fourth-order valence-corrected chi connectivity index (χ4v) is 4.76. The van der Waals surface area contributed by atoms with Crippen molar-refractivity contribution < 1.29 is 4.48 Å². The zero-order chi connectivity index (χ0) is 23.0. The summed E-state index contributed by atoms with van der Waals surface area (Å²) in [6, 6.07) is 8.94. The summed E-state index contributed by atoms with van der Waals surface area (Å²) < 4.78 is 1.04. The molecular weight excluding hydrogens is 374 g/mol. The number of hydrogen-bond donors (Lipinski definition) is 0. The Morgan fingerprint density at radius 3 is 1.68 bits per heavy atom. The van der Waals surface area contributed by atoms with E-state index in [2.05, 4.69) is 65.7 Å². The van der Waals surface area contributed by atoms with Gasteiger partial charge in [0.25, 0.3) is 0 Å². The molecule has 31 heavy (non-hydrogen) atoms. The number of nitrogens with zero attached hydrogens (tertiary/aromatic N) is 1. The monoisotopic (exact) mass is 428 g/mol. The molecule has 0 unspecified atom stereocenters.